The summed E-state index contributed by atoms with van der Waals surface area (Å²) in [5, 5.41) is 15.8. The van der Waals surface area contributed by atoms with Crippen LogP contribution in [0.25, 0.3) is 0 Å². The molecule has 2 N–H and O–H groups in total. The number of nitrogens with zero attached hydrogens (tertiary/aromatic N) is 1. The number of carbonyl (C=O) groups is 3. The van der Waals surface area contributed by atoms with Gasteiger partial charge in [-0.3, -0.25) is 9.59 Å². The SMILES string of the molecule is CC(=O)N1CCC(C(=O)O)CC1.O=C(O)C(F)(F)F. The van der Waals surface area contributed by atoms with Gasteiger partial charge in [0, 0.05) is 20.0 Å². The number of halogens is 3. The molecule has 9 heteroatoms. The fourth-order valence-electron chi connectivity index (χ4n) is 1.44. The van der Waals surface area contributed by atoms with Gasteiger partial charge in [0.15, 0.2) is 0 Å². The third-order valence-corrected chi connectivity index (χ3v) is 2.53. The minimum atomic E-state index is -5.08. The molecular weight excluding hydrogens is 271 g/mol. The second-order valence-corrected chi connectivity index (χ2v) is 3.92. The van der Waals surface area contributed by atoms with Crippen LogP contribution in [0.5, 0.6) is 0 Å². The summed E-state index contributed by atoms with van der Waals surface area (Å²) < 4.78 is 31.7. The number of aliphatic carboxylic acids is 2. The van der Waals surface area contributed by atoms with Crippen LogP contribution < -0.4 is 0 Å². The molecular formula is C10H14F3NO5. The van der Waals surface area contributed by atoms with Crippen LogP contribution in [0.4, 0.5) is 13.2 Å². The molecule has 1 aliphatic heterocycles. The van der Waals surface area contributed by atoms with Gasteiger partial charge in [0.2, 0.25) is 5.91 Å². The van der Waals surface area contributed by atoms with E-state index in [1.165, 1.54) is 6.92 Å². The standard InChI is InChI=1S/C8H13NO3.C2HF3O2/c1-6(10)9-4-2-7(3-5-9)8(11)12;3-2(4,5)1(6)7/h7H,2-5H2,1H3,(H,11,12);(H,6,7). The number of carboxylic acids is 2. The molecule has 0 aromatic heterocycles. The first-order valence-electron chi connectivity index (χ1n) is 5.34. The molecule has 0 unspecified atom stereocenters. The second-order valence-electron chi connectivity index (χ2n) is 3.92. The van der Waals surface area contributed by atoms with Crippen LogP contribution in [0.3, 0.4) is 0 Å². The number of carbonyl (C=O) groups excluding carboxylic acids is 1. The average Bonchev–Trinajstić information content (AvgIpc) is 2.28. The molecule has 1 rings (SSSR count). The molecule has 0 atom stereocenters. The molecule has 0 aliphatic carbocycles. The minimum Gasteiger partial charge on any atom is -0.481 e. The van der Waals surface area contributed by atoms with Crippen molar-refractivity contribution in [2.45, 2.75) is 25.9 Å². The van der Waals surface area contributed by atoms with Crippen LogP contribution in [-0.2, 0) is 14.4 Å². The number of hydrogen-bond donors (Lipinski definition) is 2. The van der Waals surface area contributed by atoms with Crippen molar-refractivity contribution in [1.29, 1.82) is 0 Å². The molecule has 1 aliphatic rings. The summed E-state index contributed by atoms with van der Waals surface area (Å²) in [7, 11) is 0. The van der Waals surface area contributed by atoms with Crippen molar-refractivity contribution in [3.8, 4) is 0 Å². The van der Waals surface area contributed by atoms with Crippen molar-refractivity contribution in [3.05, 3.63) is 0 Å². The Labute approximate surface area is 106 Å². The quantitative estimate of drug-likeness (QED) is 0.748. The van der Waals surface area contributed by atoms with Crippen molar-refractivity contribution in [3.63, 3.8) is 0 Å². The van der Waals surface area contributed by atoms with E-state index >= 15 is 0 Å². The summed E-state index contributed by atoms with van der Waals surface area (Å²) in [6.07, 6.45) is -3.90. The lowest BCUT2D eigenvalue weighted by Crippen LogP contribution is -2.38. The smallest absolute Gasteiger partial charge is 0.481 e. The van der Waals surface area contributed by atoms with E-state index in [4.69, 9.17) is 15.0 Å². The molecule has 19 heavy (non-hydrogen) atoms. The van der Waals surface area contributed by atoms with E-state index in [-0.39, 0.29) is 11.8 Å². The van der Waals surface area contributed by atoms with E-state index in [1.807, 2.05) is 0 Å². The highest BCUT2D eigenvalue weighted by molar-refractivity contribution is 5.74. The second kappa shape index (κ2) is 6.95. The lowest BCUT2D eigenvalue weighted by atomic mass is 9.97. The van der Waals surface area contributed by atoms with Gasteiger partial charge in [0.25, 0.3) is 0 Å². The molecule has 110 valence electrons. The first-order valence-corrected chi connectivity index (χ1v) is 5.34. The molecule has 0 bridgehead atoms. The van der Waals surface area contributed by atoms with Gasteiger partial charge in [0.05, 0.1) is 5.92 Å². The maximum absolute atomic E-state index is 10.9. The summed E-state index contributed by atoms with van der Waals surface area (Å²) in [6.45, 7) is 2.69. The molecule has 1 heterocycles. The lowest BCUT2D eigenvalue weighted by Gasteiger charge is -2.28. The van der Waals surface area contributed by atoms with Crippen molar-refractivity contribution >= 4 is 17.8 Å². The number of amides is 1. The summed E-state index contributed by atoms with van der Waals surface area (Å²) in [6, 6.07) is 0. The van der Waals surface area contributed by atoms with E-state index in [1.54, 1.807) is 4.90 Å². The van der Waals surface area contributed by atoms with E-state index in [0.29, 0.717) is 25.9 Å². The fraction of sp³-hybridized carbons (Fsp3) is 0.700. The molecule has 0 saturated carbocycles. The van der Waals surface area contributed by atoms with Crippen molar-refractivity contribution in [1.82, 2.24) is 4.90 Å². The Kier molecular flexibility index (Phi) is 6.30. The van der Waals surface area contributed by atoms with Gasteiger partial charge < -0.3 is 15.1 Å². The molecule has 1 fully saturated rings. The molecule has 0 radical (unpaired) electrons. The molecule has 1 saturated heterocycles. The van der Waals surface area contributed by atoms with E-state index in [2.05, 4.69) is 0 Å². The van der Waals surface area contributed by atoms with Crippen LogP contribution in [0.15, 0.2) is 0 Å². The van der Waals surface area contributed by atoms with Gasteiger partial charge in [-0.25, -0.2) is 4.79 Å². The van der Waals surface area contributed by atoms with Crippen molar-refractivity contribution in [2.75, 3.05) is 13.1 Å². The number of hydrogen-bond acceptors (Lipinski definition) is 3. The Morgan fingerprint density at radius 1 is 1.11 bits per heavy atom. The van der Waals surface area contributed by atoms with Crippen LogP contribution in [0.2, 0.25) is 0 Å². The highest BCUT2D eigenvalue weighted by Crippen LogP contribution is 2.16. The van der Waals surface area contributed by atoms with Gasteiger partial charge in [0.1, 0.15) is 0 Å². The highest BCUT2D eigenvalue weighted by Gasteiger charge is 2.38. The van der Waals surface area contributed by atoms with Gasteiger partial charge in [-0.15, -0.1) is 0 Å². The van der Waals surface area contributed by atoms with E-state index < -0.39 is 18.1 Å². The zero-order chi connectivity index (χ0) is 15.2. The maximum Gasteiger partial charge on any atom is 0.490 e. The van der Waals surface area contributed by atoms with Crippen molar-refractivity contribution in [2.24, 2.45) is 5.92 Å². The van der Waals surface area contributed by atoms with Crippen LogP contribution in [0.1, 0.15) is 19.8 Å². The number of likely N-dealkylation sites (tertiary alicyclic amines) is 1. The van der Waals surface area contributed by atoms with Crippen LogP contribution >= 0.6 is 0 Å². The zero-order valence-electron chi connectivity index (χ0n) is 10.1. The summed E-state index contributed by atoms with van der Waals surface area (Å²) in [4.78, 5) is 32.0. The lowest BCUT2D eigenvalue weighted by molar-refractivity contribution is -0.192. The maximum atomic E-state index is 10.9. The Hall–Kier alpha value is -1.80. The van der Waals surface area contributed by atoms with Gasteiger partial charge in [-0.1, -0.05) is 0 Å². The number of alkyl halides is 3. The Bertz CT molecular complexity index is 326. The average molecular weight is 285 g/mol. The van der Waals surface area contributed by atoms with Gasteiger partial charge in [-0.2, -0.15) is 13.2 Å². The summed E-state index contributed by atoms with van der Waals surface area (Å²) in [5.41, 5.74) is 0. The largest absolute Gasteiger partial charge is 0.490 e. The third-order valence-electron chi connectivity index (χ3n) is 2.53. The Morgan fingerprint density at radius 3 is 1.68 bits per heavy atom. The Balaban J connectivity index is 0.000000399. The minimum absolute atomic E-state index is 0.0406. The fourth-order valence-corrected chi connectivity index (χ4v) is 1.44. The predicted molar refractivity (Wildman–Crippen MR) is 56.3 cm³/mol. The molecule has 0 spiro atoms. The third kappa shape index (κ3) is 6.63. The molecule has 1 amide bonds. The van der Waals surface area contributed by atoms with E-state index in [0.717, 1.165) is 0 Å². The van der Waals surface area contributed by atoms with Gasteiger partial charge >= 0.3 is 18.1 Å². The van der Waals surface area contributed by atoms with Crippen LogP contribution in [0, 0.1) is 5.92 Å². The summed E-state index contributed by atoms with van der Waals surface area (Å²) >= 11 is 0. The zero-order valence-corrected chi connectivity index (χ0v) is 10.1. The summed E-state index contributed by atoms with van der Waals surface area (Å²) in [5.74, 6) is -3.70. The first kappa shape index (κ1) is 17.2. The number of carboxylic acid groups (broad SMARTS) is 2. The topological polar surface area (TPSA) is 94.9 Å². The predicted octanol–water partition coefficient (Wildman–Crippen LogP) is 0.963. The number of rotatable bonds is 1. The molecule has 6 nitrogen and oxygen atoms in total. The molecule has 0 aromatic carbocycles. The first-order chi connectivity index (χ1) is 8.55. The van der Waals surface area contributed by atoms with Gasteiger partial charge in [-0.05, 0) is 12.8 Å². The van der Waals surface area contributed by atoms with E-state index in [9.17, 15) is 22.8 Å². The Morgan fingerprint density at radius 2 is 1.47 bits per heavy atom. The normalized spacial score (nSPS) is 16.3. The molecule has 0 aromatic rings. The van der Waals surface area contributed by atoms with Crippen LogP contribution in [-0.4, -0.2) is 52.2 Å². The monoisotopic (exact) mass is 285 g/mol. The number of piperidine rings is 1. The van der Waals surface area contributed by atoms with Crippen molar-refractivity contribution < 1.29 is 37.8 Å². The highest BCUT2D eigenvalue weighted by atomic mass is 19.4.